The topological polar surface area (TPSA) is 52.0 Å². The van der Waals surface area contributed by atoms with Crippen LogP contribution in [0.1, 0.15) is 0 Å². The molecule has 1 heterocycles. The van der Waals surface area contributed by atoms with Crippen LogP contribution in [0.2, 0.25) is 0 Å². The van der Waals surface area contributed by atoms with E-state index in [-0.39, 0.29) is 21.2 Å². The number of nitrogens with two attached hydrogens (primary N) is 1. The van der Waals surface area contributed by atoms with Gasteiger partial charge in [-0.25, -0.2) is 0 Å². The van der Waals surface area contributed by atoms with Gasteiger partial charge in [-0.3, -0.25) is 0 Å². The van der Waals surface area contributed by atoms with E-state index in [0.717, 1.165) is 20.7 Å². The molecule has 14 heavy (non-hydrogen) atoms. The first-order valence-electron chi connectivity index (χ1n) is 4.11. The van der Waals surface area contributed by atoms with Crippen molar-refractivity contribution in [2.24, 2.45) is 0 Å². The molecule has 0 aliphatic carbocycles. The third kappa shape index (κ3) is 1.89. The molecule has 3 nitrogen and oxygen atoms in total. The summed E-state index contributed by atoms with van der Waals surface area (Å²) in [4.78, 5) is 2.14. The molecule has 0 spiro atoms. The maximum atomic E-state index is 5.60. The summed E-state index contributed by atoms with van der Waals surface area (Å²) in [7, 11) is 0. The normalized spacial score (nSPS) is 10.6. The molecular weight excluding hydrogens is 291 g/mol. The fourth-order valence-electron chi connectivity index (χ4n) is 1.13. The molecule has 74 valence electrons. The molecule has 0 unspecified atom stereocenters. The van der Waals surface area contributed by atoms with Crippen molar-refractivity contribution in [3.8, 4) is 11.3 Å². The van der Waals surface area contributed by atoms with Crippen LogP contribution < -0.4 is 26.9 Å². The summed E-state index contributed by atoms with van der Waals surface area (Å²) in [6.45, 7) is 0. The van der Waals surface area contributed by atoms with Gasteiger partial charge in [0.05, 0.1) is 0 Å². The first-order chi connectivity index (χ1) is 6.79. The molecule has 0 atom stereocenters. The van der Waals surface area contributed by atoms with Gasteiger partial charge in [-0.2, -0.15) is 0 Å². The van der Waals surface area contributed by atoms with Crippen LogP contribution in [0.5, 0.6) is 0 Å². The van der Waals surface area contributed by atoms with E-state index in [4.69, 9.17) is 10.3 Å². The molecular formula is C10H10IN2O-. The van der Waals surface area contributed by atoms with E-state index in [0.29, 0.717) is 0 Å². The molecule has 4 heteroatoms. The van der Waals surface area contributed by atoms with Gasteiger partial charge in [-0.15, -0.1) is 0 Å². The van der Waals surface area contributed by atoms with Crippen LogP contribution in [0.3, 0.4) is 0 Å². The van der Waals surface area contributed by atoms with Gasteiger partial charge in [0.15, 0.2) is 0 Å². The Hall–Kier alpha value is -1.04. The second-order valence-electron chi connectivity index (χ2n) is 2.83. The van der Waals surface area contributed by atoms with Crippen LogP contribution >= 0.6 is 0 Å². The Morgan fingerprint density at radius 1 is 1.29 bits per heavy atom. The standard InChI is InChI=1S/C10H10IN2O/c1-11-10-6-9(13-14-10)7-2-4-8(12)5-3-7/h2-6H,12H2,1H3/q-1. The molecule has 1 aromatic carbocycles. The van der Waals surface area contributed by atoms with Gasteiger partial charge in [-0.05, 0) is 0 Å². The Morgan fingerprint density at radius 2 is 2.00 bits per heavy atom. The van der Waals surface area contributed by atoms with E-state index < -0.39 is 0 Å². The molecule has 2 aromatic rings. The van der Waals surface area contributed by atoms with Gasteiger partial charge < -0.3 is 0 Å². The zero-order chi connectivity index (χ0) is 9.97. The van der Waals surface area contributed by atoms with Crippen molar-refractivity contribution in [2.75, 3.05) is 10.7 Å². The molecule has 0 aliphatic rings. The zero-order valence-corrected chi connectivity index (χ0v) is 9.86. The summed E-state index contributed by atoms with van der Waals surface area (Å²) < 4.78 is 6.18. The number of benzene rings is 1. The second-order valence-corrected chi connectivity index (χ2v) is 4.97. The molecule has 0 saturated carbocycles. The van der Waals surface area contributed by atoms with Crippen molar-refractivity contribution in [3.05, 3.63) is 34.1 Å². The van der Waals surface area contributed by atoms with Crippen LogP contribution in [0.25, 0.3) is 11.3 Å². The van der Waals surface area contributed by atoms with Gasteiger partial charge in [0.2, 0.25) is 0 Å². The quantitative estimate of drug-likeness (QED) is 0.431. The molecule has 0 bridgehead atoms. The molecule has 0 fully saturated rings. The fraction of sp³-hybridized carbons (Fsp3) is 0.100. The third-order valence-corrected chi connectivity index (χ3v) is 3.45. The van der Waals surface area contributed by atoms with Crippen molar-refractivity contribution in [3.63, 3.8) is 0 Å². The number of alkyl halides is 1. The van der Waals surface area contributed by atoms with Crippen molar-refractivity contribution >= 4 is 5.69 Å². The van der Waals surface area contributed by atoms with Gasteiger partial charge in [0.25, 0.3) is 0 Å². The average molecular weight is 301 g/mol. The van der Waals surface area contributed by atoms with E-state index in [1.807, 2.05) is 30.3 Å². The average Bonchev–Trinajstić information content (AvgIpc) is 2.67. The summed E-state index contributed by atoms with van der Waals surface area (Å²) >= 11 is -0.0220. The summed E-state index contributed by atoms with van der Waals surface area (Å²) in [6, 6.07) is 9.63. The van der Waals surface area contributed by atoms with E-state index in [9.17, 15) is 0 Å². The van der Waals surface area contributed by atoms with Crippen molar-refractivity contribution in [1.29, 1.82) is 0 Å². The van der Waals surface area contributed by atoms with Gasteiger partial charge in [-0.1, -0.05) is 0 Å². The number of nitrogens with zero attached hydrogens (tertiary/aromatic N) is 1. The van der Waals surface area contributed by atoms with Crippen LogP contribution in [-0.2, 0) is 0 Å². The van der Waals surface area contributed by atoms with Crippen LogP contribution in [0, 0.1) is 3.77 Å². The van der Waals surface area contributed by atoms with Crippen molar-refractivity contribution in [1.82, 2.24) is 5.16 Å². The van der Waals surface area contributed by atoms with Crippen LogP contribution in [0.15, 0.2) is 34.9 Å². The Labute approximate surface area is 92.5 Å². The number of aromatic nitrogens is 1. The van der Waals surface area contributed by atoms with E-state index in [2.05, 4.69) is 10.1 Å². The summed E-state index contributed by atoms with van der Waals surface area (Å²) in [5.74, 6) is 0. The first kappa shape index (κ1) is 9.51. The number of halogens is 1. The monoisotopic (exact) mass is 301 g/mol. The van der Waals surface area contributed by atoms with Gasteiger partial charge in [0, 0.05) is 0 Å². The molecule has 0 saturated heterocycles. The molecule has 2 N–H and O–H groups in total. The van der Waals surface area contributed by atoms with Crippen molar-refractivity contribution < 1.29 is 25.7 Å². The third-order valence-electron chi connectivity index (χ3n) is 1.87. The van der Waals surface area contributed by atoms with E-state index in [1.54, 1.807) is 0 Å². The predicted molar refractivity (Wildman–Crippen MR) is 51.0 cm³/mol. The number of hydrogen-bond acceptors (Lipinski definition) is 3. The molecule has 0 amide bonds. The molecule has 1 aromatic heterocycles. The zero-order valence-electron chi connectivity index (χ0n) is 7.70. The summed E-state index contributed by atoms with van der Waals surface area (Å²) in [6.07, 6.45) is 0. The van der Waals surface area contributed by atoms with Crippen molar-refractivity contribution in [2.45, 2.75) is 0 Å². The molecule has 0 radical (unpaired) electrons. The number of nitrogen functional groups attached to an aromatic ring is 1. The van der Waals surface area contributed by atoms with E-state index >= 15 is 0 Å². The summed E-state index contributed by atoms with van der Waals surface area (Å²) in [5.41, 5.74) is 8.30. The molecule has 0 aliphatic heterocycles. The number of rotatable bonds is 2. The fourth-order valence-corrected chi connectivity index (χ4v) is 2.03. The first-order valence-corrected chi connectivity index (χ1v) is 7.35. The number of anilines is 1. The Morgan fingerprint density at radius 3 is 2.57 bits per heavy atom. The van der Waals surface area contributed by atoms with Crippen LogP contribution in [-0.4, -0.2) is 10.1 Å². The number of hydrogen-bond donors (Lipinski definition) is 1. The minimum absolute atomic E-state index is 0.0220. The van der Waals surface area contributed by atoms with E-state index in [1.165, 1.54) is 0 Å². The minimum atomic E-state index is -0.0220. The molecule has 2 rings (SSSR count). The SMILES string of the molecule is C[I-]c1cc(-c2ccc(N)cc2)no1. The Bertz CT molecular complexity index is 422. The van der Waals surface area contributed by atoms with Crippen LogP contribution in [0.4, 0.5) is 5.69 Å². The van der Waals surface area contributed by atoms with Gasteiger partial charge in [0.1, 0.15) is 0 Å². The Kier molecular flexibility index (Phi) is 2.72. The Balaban J connectivity index is 2.34. The maximum absolute atomic E-state index is 5.60. The van der Waals surface area contributed by atoms with Gasteiger partial charge >= 0.3 is 92.6 Å². The predicted octanol–water partition coefficient (Wildman–Crippen LogP) is -1.19. The second kappa shape index (κ2) is 4.00. The summed E-state index contributed by atoms with van der Waals surface area (Å²) in [5, 5.41) is 4.00.